The fourth-order valence-electron chi connectivity index (χ4n) is 2.30. The van der Waals surface area contributed by atoms with Gasteiger partial charge in [0.15, 0.2) is 0 Å². The molecule has 0 amide bonds. The third-order valence-electron chi connectivity index (χ3n) is 3.39. The summed E-state index contributed by atoms with van der Waals surface area (Å²) in [5.74, 6) is 0. The molecule has 68 valence electrons. The molecular formula is C9H16AsNS. The van der Waals surface area contributed by atoms with Crippen LogP contribution in [-0.4, -0.2) is 31.0 Å². The van der Waals surface area contributed by atoms with Crippen molar-refractivity contribution in [2.75, 3.05) is 0 Å². The van der Waals surface area contributed by atoms with Gasteiger partial charge in [-0.05, 0) is 0 Å². The Labute approximate surface area is 87.3 Å². The SMILES string of the molecule is CC12CCCCC1(C)SC([AsH2])=N2. The predicted molar refractivity (Wildman–Crippen MR) is 58.8 cm³/mol. The van der Waals surface area contributed by atoms with Crippen molar-refractivity contribution in [3.8, 4) is 0 Å². The van der Waals surface area contributed by atoms with E-state index < -0.39 is 0 Å². The van der Waals surface area contributed by atoms with E-state index in [4.69, 9.17) is 4.99 Å². The van der Waals surface area contributed by atoms with Crippen LogP contribution in [0.1, 0.15) is 39.5 Å². The Morgan fingerprint density at radius 2 is 2.00 bits per heavy atom. The topological polar surface area (TPSA) is 12.4 Å². The number of hydrogen-bond acceptors (Lipinski definition) is 2. The van der Waals surface area contributed by atoms with Crippen molar-refractivity contribution in [2.45, 2.75) is 49.8 Å². The summed E-state index contributed by atoms with van der Waals surface area (Å²) in [6.45, 7) is 4.73. The summed E-state index contributed by atoms with van der Waals surface area (Å²) in [6.07, 6.45) is 5.42. The van der Waals surface area contributed by atoms with E-state index in [0.29, 0.717) is 4.75 Å². The Morgan fingerprint density at radius 3 is 2.67 bits per heavy atom. The normalized spacial score (nSPS) is 47.1. The van der Waals surface area contributed by atoms with E-state index >= 15 is 0 Å². The summed E-state index contributed by atoms with van der Waals surface area (Å²) in [5.41, 5.74) is 0.266. The average molecular weight is 245 g/mol. The number of aliphatic imine (C=N–C) groups is 1. The van der Waals surface area contributed by atoms with Gasteiger partial charge in [0, 0.05) is 0 Å². The molecule has 0 aromatic heterocycles. The third kappa shape index (κ3) is 1.19. The zero-order chi connectivity index (χ0) is 8.82. The van der Waals surface area contributed by atoms with E-state index in [2.05, 4.69) is 13.8 Å². The van der Waals surface area contributed by atoms with Crippen LogP contribution in [0.3, 0.4) is 0 Å². The fourth-order valence-corrected chi connectivity index (χ4v) is 5.85. The Bertz CT molecular complexity index is 241. The molecule has 1 saturated carbocycles. The van der Waals surface area contributed by atoms with Crippen LogP contribution < -0.4 is 0 Å². The standard InChI is InChI=1S/C9H16AsNS/c1-8-5-3-4-6-9(8,2)12-7(10)11-8/h3-6,10H2,1-2H3. The molecule has 2 rings (SSSR count). The molecule has 3 atom stereocenters. The first-order valence-electron chi connectivity index (χ1n) is 4.60. The summed E-state index contributed by atoms with van der Waals surface area (Å²) in [4.78, 5) is 4.82. The van der Waals surface area contributed by atoms with Crippen molar-refractivity contribution in [3.05, 3.63) is 0 Å². The van der Waals surface area contributed by atoms with Crippen LogP contribution >= 0.6 is 11.8 Å². The van der Waals surface area contributed by atoms with Gasteiger partial charge in [-0.3, -0.25) is 0 Å². The van der Waals surface area contributed by atoms with E-state index in [9.17, 15) is 0 Å². The summed E-state index contributed by atoms with van der Waals surface area (Å²) >= 11 is 3.73. The van der Waals surface area contributed by atoms with Gasteiger partial charge >= 0.3 is 87.3 Å². The van der Waals surface area contributed by atoms with Gasteiger partial charge in [0.25, 0.3) is 0 Å². The maximum atomic E-state index is 4.82. The Balaban J connectivity index is 2.32. The minimum absolute atomic E-state index is 0.266. The molecule has 1 aliphatic heterocycles. The Morgan fingerprint density at radius 1 is 1.33 bits per heavy atom. The van der Waals surface area contributed by atoms with Crippen molar-refractivity contribution < 1.29 is 0 Å². The zero-order valence-corrected chi connectivity index (χ0v) is 11.0. The first-order valence-corrected chi connectivity index (χ1v) is 6.63. The van der Waals surface area contributed by atoms with Crippen molar-refractivity contribution >= 4 is 32.4 Å². The maximum absolute atomic E-state index is 4.82. The van der Waals surface area contributed by atoms with Crippen LogP contribution in [0.25, 0.3) is 0 Å². The molecule has 0 aromatic rings. The molecule has 3 unspecified atom stereocenters. The van der Waals surface area contributed by atoms with Crippen molar-refractivity contribution in [1.82, 2.24) is 0 Å². The van der Waals surface area contributed by atoms with Crippen LogP contribution in [0.4, 0.5) is 0 Å². The molecule has 0 saturated heterocycles. The number of fused-ring (bicyclic) bond motifs is 1. The third-order valence-corrected chi connectivity index (χ3v) is 5.80. The number of nitrogens with zero attached hydrogens (tertiary/aromatic N) is 1. The Hall–Kier alpha value is 0.578. The molecule has 0 radical (unpaired) electrons. The molecule has 1 heterocycles. The van der Waals surface area contributed by atoms with Crippen LogP contribution in [0.2, 0.25) is 0 Å². The van der Waals surface area contributed by atoms with E-state index in [1.165, 1.54) is 29.5 Å². The van der Waals surface area contributed by atoms with Gasteiger partial charge in [0.05, 0.1) is 0 Å². The van der Waals surface area contributed by atoms with Crippen LogP contribution in [0, 0.1) is 0 Å². The summed E-state index contributed by atoms with van der Waals surface area (Å²) < 4.78 is 1.78. The van der Waals surface area contributed by atoms with E-state index in [1.807, 2.05) is 11.8 Å². The van der Waals surface area contributed by atoms with Crippen LogP contribution in [-0.2, 0) is 0 Å². The fraction of sp³-hybridized carbons (Fsp3) is 0.889. The molecule has 2 aliphatic rings. The van der Waals surface area contributed by atoms with E-state index in [0.717, 1.165) is 0 Å². The van der Waals surface area contributed by atoms with Crippen molar-refractivity contribution in [2.24, 2.45) is 4.99 Å². The number of thioether (sulfide) groups is 1. The second kappa shape index (κ2) is 2.78. The van der Waals surface area contributed by atoms with E-state index in [-0.39, 0.29) is 5.54 Å². The van der Waals surface area contributed by atoms with Crippen molar-refractivity contribution in [3.63, 3.8) is 0 Å². The molecule has 3 heteroatoms. The minimum atomic E-state index is 0.266. The molecule has 12 heavy (non-hydrogen) atoms. The average Bonchev–Trinajstić information content (AvgIpc) is 2.18. The molecule has 0 aromatic carbocycles. The van der Waals surface area contributed by atoms with Gasteiger partial charge in [0.2, 0.25) is 0 Å². The second-order valence-electron chi connectivity index (χ2n) is 4.26. The van der Waals surface area contributed by atoms with Crippen LogP contribution in [0.5, 0.6) is 0 Å². The van der Waals surface area contributed by atoms with Gasteiger partial charge in [-0.15, -0.1) is 0 Å². The molecule has 1 fully saturated rings. The first-order chi connectivity index (χ1) is 5.56. The van der Waals surface area contributed by atoms with Gasteiger partial charge < -0.3 is 0 Å². The first kappa shape index (κ1) is 9.15. The second-order valence-corrected chi connectivity index (χ2v) is 7.81. The van der Waals surface area contributed by atoms with Gasteiger partial charge in [-0.1, -0.05) is 0 Å². The molecular weight excluding hydrogens is 229 g/mol. The quantitative estimate of drug-likeness (QED) is 0.593. The van der Waals surface area contributed by atoms with Crippen LogP contribution in [0.15, 0.2) is 4.99 Å². The van der Waals surface area contributed by atoms with E-state index in [1.54, 1.807) is 16.9 Å². The van der Waals surface area contributed by atoms with Crippen molar-refractivity contribution in [1.29, 1.82) is 0 Å². The van der Waals surface area contributed by atoms with Gasteiger partial charge in [-0.25, -0.2) is 0 Å². The summed E-state index contributed by atoms with van der Waals surface area (Å²) in [5, 5.41) is 0. The predicted octanol–water partition coefficient (Wildman–Crippen LogP) is 1.81. The zero-order valence-electron chi connectivity index (χ0n) is 7.76. The summed E-state index contributed by atoms with van der Waals surface area (Å²) in [6, 6.07) is 0. The molecule has 0 spiro atoms. The molecule has 0 bridgehead atoms. The molecule has 1 aliphatic carbocycles. The van der Waals surface area contributed by atoms with Gasteiger partial charge in [-0.2, -0.15) is 0 Å². The summed E-state index contributed by atoms with van der Waals surface area (Å²) in [7, 11) is 0. The monoisotopic (exact) mass is 245 g/mol. The Kier molecular flexibility index (Phi) is 2.12. The number of hydrogen-bond donors (Lipinski definition) is 0. The van der Waals surface area contributed by atoms with Gasteiger partial charge in [0.1, 0.15) is 0 Å². The number of rotatable bonds is 0. The molecule has 1 nitrogen and oxygen atoms in total. The molecule has 0 N–H and O–H groups in total.